The Labute approximate surface area is 138 Å². The second-order valence-corrected chi connectivity index (χ2v) is 4.78. The number of para-hydroxylation sites is 1. The molecule has 0 aromatic heterocycles. The van der Waals surface area contributed by atoms with Crippen molar-refractivity contribution in [3.05, 3.63) is 29.8 Å². The van der Waals surface area contributed by atoms with Gasteiger partial charge in [0.2, 0.25) is 5.96 Å². The standard InChI is InChI=1S/C14H20N6O4/c1-20(2)13(16)18-12(15)19-14(23)24-8-7-17-11(22)9-5-3-4-6-10(9)21/h3-6,21H,7-8H2,1-2H3,(H,17,22)(H4,15,16,18,19,23). The topological polar surface area (TPSA) is 151 Å². The second kappa shape index (κ2) is 8.98. The predicted molar refractivity (Wildman–Crippen MR) is 87.2 cm³/mol. The summed E-state index contributed by atoms with van der Waals surface area (Å²) in [5.74, 6) is -1.12. The summed E-state index contributed by atoms with van der Waals surface area (Å²) in [4.78, 5) is 24.6. The van der Waals surface area contributed by atoms with Gasteiger partial charge in [-0.1, -0.05) is 12.1 Å². The third kappa shape index (κ3) is 6.22. The Bertz CT molecular complexity index is 631. The first kappa shape index (κ1) is 18.7. The molecule has 0 atom stereocenters. The van der Waals surface area contributed by atoms with E-state index in [0.29, 0.717) is 0 Å². The van der Waals surface area contributed by atoms with E-state index in [0.717, 1.165) is 0 Å². The van der Waals surface area contributed by atoms with Gasteiger partial charge >= 0.3 is 6.09 Å². The van der Waals surface area contributed by atoms with Crippen LogP contribution in [0.3, 0.4) is 0 Å². The first-order valence-corrected chi connectivity index (χ1v) is 6.92. The number of amides is 2. The van der Waals surface area contributed by atoms with E-state index in [9.17, 15) is 14.7 Å². The summed E-state index contributed by atoms with van der Waals surface area (Å²) in [6.45, 7) is -0.0849. The second-order valence-electron chi connectivity index (χ2n) is 4.78. The molecule has 0 radical (unpaired) electrons. The van der Waals surface area contributed by atoms with Gasteiger partial charge in [-0.3, -0.25) is 26.2 Å². The number of alkyl carbamates (subject to hydrolysis) is 1. The van der Waals surface area contributed by atoms with Crippen LogP contribution in [0.15, 0.2) is 24.3 Å². The molecule has 10 heteroatoms. The third-order valence-electron chi connectivity index (χ3n) is 2.69. The van der Waals surface area contributed by atoms with Crippen LogP contribution in [0.5, 0.6) is 5.75 Å². The van der Waals surface area contributed by atoms with Crippen LogP contribution in [0, 0.1) is 10.8 Å². The number of ether oxygens (including phenoxy) is 1. The number of carbonyl (C=O) groups excluding carboxylic acids is 2. The van der Waals surface area contributed by atoms with Crippen LogP contribution in [0.1, 0.15) is 10.4 Å². The van der Waals surface area contributed by atoms with E-state index in [4.69, 9.17) is 15.6 Å². The van der Waals surface area contributed by atoms with Crippen LogP contribution in [-0.4, -0.2) is 61.2 Å². The summed E-state index contributed by atoms with van der Waals surface area (Å²) in [7, 11) is 3.21. The quantitative estimate of drug-likeness (QED) is 0.256. The number of nitrogens with one attached hydrogen (secondary N) is 5. The Kier molecular flexibility index (Phi) is 7.01. The Hall–Kier alpha value is -3.30. The van der Waals surface area contributed by atoms with Crippen LogP contribution in [-0.2, 0) is 4.74 Å². The van der Waals surface area contributed by atoms with E-state index >= 15 is 0 Å². The van der Waals surface area contributed by atoms with Gasteiger partial charge in [0.25, 0.3) is 5.91 Å². The van der Waals surface area contributed by atoms with Crippen molar-refractivity contribution >= 4 is 23.9 Å². The lowest BCUT2D eigenvalue weighted by molar-refractivity contribution is 0.0932. The fraction of sp³-hybridized carbons (Fsp3) is 0.286. The number of hydrogen-bond donors (Lipinski definition) is 6. The minimum atomic E-state index is -0.893. The molecule has 1 aromatic carbocycles. The van der Waals surface area contributed by atoms with E-state index in [1.165, 1.54) is 17.0 Å². The number of hydrogen-bond acceptors (Lipinski definition) is 6. The van der Waals surface area contributed by atoms with Crippen molar-refractivity contribution in [1.29, 1.82) is 10.8 Å². The number of phenols is 1. The normalized spacial score (nSPS) is 9.58. The molecule has 0 fully saturated rings. The molecule has 0 aliphatic carbocycles. The van der Waals surface area contributed by atoms with Gasteiger partial charge in [-0.25, -0.2) is 4.79 Å². The molecule has 10 nitrogen and oxygen atoms in total. The molecule has 0 saturated heterocycles. The molecular weight excluding hydrogens is 316 g/mol. The summed E-state index contributed by atoms with van der Waals surface area (Å²) in [6.07, 6.45) is -0.893. The van der Waals surface area contributed by atoms with E-state index in [2.05, 4.69) is 16.0 Å². The molecule has 0 heterocycles. The fourth-order valence-electron chi connectivity index (χ4n) is 1.47. The molecule has 0 unspecified atom stereocenters. The van der Waals surface area contributed by atoms with Crippen LogP contribution < -0.4 is 16.0 Å². The van der Waals surface area contributed by atoms with Crippen LogP contribution in [0.2, 0.25) is 0 Å². The Morgan fingerprint density at radius 2 is 1.88 bits per heavy atom. The summed E-state index contributed by atoms with van der Waals surface area (Å²) in [6, 6.07) is 6.06. The van der Waals surface area contributed by atoms with Gasteiger partial charge in [-0.2, -0.15) is 0 Å². The Morgan fingerprint density at radius 1 is 1.21 bits per heavy atom. The van der Waals surface area contributed by atoms with Crippen molar-refractivity contribution in [2.45, 2.75) is 0 Å². The number of rotatable bonds is 4. The maximum absolute atomic E-state index is 11.8. The molecule has 2 amide bonds. The lowest BCUT2D eigenvalue weighted by atomic mass is 10.2. The van der Waals surface area contributed by atoms with Gasteiger partial charge in [-0.15, -0.1) is 0 Å². The molecule has 6 N–H and O–H groups in total. The van der Waals surface area contributed by atoms with Gasteiger partial charge in [-0.05, 0) is 12.1 Å². The van der Waals surface area contributed by atoms with Gasteiger partial charge < -0.3 is 20.1 Å². The molecule has 130 valence electrons. The minimum Gasteiger partial charge on any atom is -0.507 e. The fourth-order valence-corrected chi connectivity index (χ4v) is 1.47. The number of guanidine groups is 2. The molecule has 0 saturated carbocycles. The molecule has 1 rings (SSSR count). The van der Waals surface area contributed by atoms with E-state index < -0.39 is 18.0 Å². The molecule has 0 aliphatic rings. The monoisotopic (exact) mass is 336 g/mol. The smallest absolute Gasteiger partial charge is 0.414 e. The molecule has 0 spiro atoms. The minimum absolute atomic E-state index is 0.0366. The van der Waals surface area contributed by atoms with E-state index in [-0.39, 0.29) is 30.4 Å². The van der Waals surface area contributed by atoms with Gasteiger partial charge in [0.15, 0.2) is 5.96 Å². The van der Waals surface area contributed by atoms with E-state index in [1.54, 1.807) is 26.2 Å². The zero-order chi connectivity index (χ0) is 18.1. The van der Waals surface area contributed by atoms with Gasteiger partial charge in [0, 0.05) is 14.1 Å². The number of benzene rings is 1. The number of carbonyl (C=O) groups is 2. The first-order valence-electron chi connectivity index (χ1n) is 6.92. The average molecular weight is 336 g/mol. The largest absolute Gasteiger partial charge is 0.507 e. The summed E-state index contributed by atoms with van der Waals surface area (Å²) in [5, 5.41) is 31.3. The Balaban J connectivity index is 2.26. The highest BCUT2D eigenvalue weighted by Gasteiger charge is 2.11. The summed E-state index contributed by atoms with van der Waals surface area (Å²) >= 11 is 0. The molecule has 0 bridgehead atoms. The zero-order valence-electron chi connectivity index (χ0n) is 13.3. The third-order valence-corrected chi connectivity index (χ3v) is 2.69. The lowest BCUT2D eigenvalue weighted by Crippen LogP contribution is -2.47. The SMILES string of the molecule is CN(C)C(=N)NC(=N)NC(=O)OCCNC(=O)c1ccccc1O. The summed E-state index contributed by atoms with van der Waals surface area (Å²) < 4.78 is 4.78. The summed E-state index contributed by atoms with van der Waals surface area (Å²) in [5.41, 5.74) is 0.120. The zero-order valence-corrected chi connectivity index (χ0v) is 13.3. The van der Waals surface area contributed by atoms with Crippen LogP contribution >= 0.6 is 0 Å². The Morgan fingerprint density at radius 3 is 2.50 bits per heavy atom. The predicted octanol–water partition coefficient (Wildman–Crippen LogP) is -0.131. The molecular formula is C14H20N6O4. The van der Waals surface area contributed by atoms with Gasteiger partial charge in [0.05, 0.1) is 12.1 Å². The highest BCUT2D eigenvalue weighted by Crippen LogP contribution is 2.14. The van der Waals surface area contributed by atoms with Crippen molar-refractivity contribution in [1.82, 2.24) is 20.9 Å². The first-order chi connectivity index (χ1) is 11.3. The van der Waals surface area contributed by atoms with Crippen molar-refractivity contribution in [3.8, 4) is 5.75 Å². The van der Waals surface area contributed by atoms with Crippen molar-refractivity contribution < 1.29 is 19.4 Å². The average Bonchev–Trinajstić information content (AvgIpc) is 2.51. The van der Waals surface area contributed by atoms with Crippen LogP contribution in [0.25, 0.3) is 0 Å². The van der Waals surface area contributed by atoms with Crippen molar-refractivity contribution in [2.75, 3.05) is 27.2 Å². The molecule has 1 aromatic rings. The number of phenolic OH excluding ortho intramolecular Hbond substituents is 1. The molecule has 0 aliphatic heterocycles. The number of aromatic hydroxyl groups is 1. The highest BCUT2D eigenvalue weighted by atomic mass is 16.5. The van der Waals surface area contributed by atoms with Gasteiger partial charge in [0.1, 0.15) is 12.4 Å². The maximum atomic E-state index is 11.8. The van der Waals surface area contributed by atoms with Crippen LogP contribution in [0.4, 0.5) is 4.79 Å². The maximum Gasteiger partial charge on any atom is 0.414 e. The molecule has 24 heavy (non-hydrogen) atoms. The highest BCUT2D eigenvalue weighted by molar-refractivity contribution is 6.01. The lowest BCUT2D eigenvalue weighted by Gasteiger charge is -2.16. The van der Waals surface area contributed by atoms with E-state index in [1.807, 2.05) is 0 Å². The van der Waals surface area contributed by atoms with Crippen molar-refractivity contribution in [3.63, 3.8) is 0 Å². The van der Waals surface area contributed by atoms with Crippen molar-refractivity contribution in [2.24, 2.45) is 0 Å². The number of nitrogens with zero attached hydrogens (tertiary/aromatic N) is 1.